The van der Waals surface area contributed by atoms with Crippen molar-refractivity contribution in [2.24, 2.45) is 0 Å². The minimum Gasteiger partial charge on any atom is -0.478 e. The summed E-state index contributed by atoms with van der Waals surface area (Å²) >= 11 is 0. The minimum atomic E-state index is -1.23. The molecule has 0 aliphatic heterocycles. The predicted molar refractivity (Wildman–Crippen MR) is 70.2 cm³/mol. The molecular formula is C13H13NO4S. The highest BCUT2D eigenvalue weighted by Gasteiger charge is 2.17. The van der Waals surface area contributed by atoms with Gasteiger partial charge in [0.1, 0.15) is 5.56 Å². The van der Waals surface area contributed by atoms with Gasteiger partial charge in [0.2, 0.25) is 0 Å². The Kier molecular flexibility index (Phi) is 4.11. The van der Waals surface area contributed by atoms with Crippen LogP contribution < -0.4 is 0 Å². The highest BCUT2D eigenvalue weighted by atomic mass is 32.2. The molecule has 1 aromatic heterocycles. The second-order valence-electron chi connectivity index (χ2n) is 4.19. The van der Waals surface area contributed by atoms with Crippen molar-refractivity contribution in [1.82, 2.24) is 5.16 Å². The summed E-state index contributed by atoms with van der Waals surface area (Å²) in [6.07, 6.45) is 1.13. The fourth-order valence-electron chi connectivity index (χ4n) is 1.73. The molecule has 2 rings (SSSR count). The number of hydrogen-bond donors (Lipinski definition) is 1. The van der Waals surface area contributed by atoms with Crippen LogP contribution in [0.25, 0.3) is 0 Å². The van der Waals surface area contributed by atoms with E-state index in [-0.39, 0.29) is 17.1 Å². The van der Waals surface area contributed by atoms with E-state index in [9.17, 15) is 9.00 Å². The van der Waals surface area contributed by atoms with E-state index >= 15 is 0 Å². The number of carboxylic acids is 1. The van der Waals surface area contributed by atoms with Gasteiger partial charge in [-0.05, 0) is 12.5 Å². The van der Waals surface area contributed by atoms with Gasteiger partial charge < -0.3 is 9.63 Å². The van der Waals surface area contributed by atoms with Crippen molar-refractivity contribution in [1.29, 1.82) is 0 Å². The molecule has 2 aromatic rings. The van der Waals surface area contributed by atoms with Gasteiger partial charge >= 0.3 is 5.97 Å². The van der Waals surface area contributed by atoms with Crippen LogP contribution in [0.1, 0.15) is 27.2 Å². The Labute approximate surface area is 112 Å². The van der Waals surface area contributed by atoms with Gasteiger partial charge in [-0.1, -0.05) is 35.0 Å². The van der Waals surface area contributed by atoms with Crippen LogP contribution in [0.5, 0.6) is 0 Å². The summed E-state index contributed by atoms with van der Waals surface area (Å²) in [6.45, 7) is 1.96. The smallest absolute Gasteiger partial charge is 0.341 e. The number of aromatic carboxylic acids is 1. The fourth-order valence-corrected chi connectivity index (χ4v) is 2.88. The second kappa shape index (κ2) is 5.79. The molecule has 0 saturated carbocycles. The summed E-state index contributed by atoms with van der Waals surface area (Å²) in [5.74, 6) is -0.556. The monoisotopic (exact) mass is 279 g/mol. The van der Waals surface area contributed by atoms with E-state index in [1.54, 1.807) is 0 Å². The van der Waals surface area contributed by atoms with E-state index in [1.165, 1.54) is 0 Å². The number of aryl methyl sites for hydroxylation is 1. The second-order valence-corrected chi connectivity index (χ2v) is 5.64. The van der Waals surface area contributed by atoms with Crippen molar-refractivity contribution < 1.29 is 18.6 Å². The molecular weight excluding hydrogens is 266 g/mol. The molecule has 1 aromatic carbocycles. The lowest BCUT2D eigenvalue weighted by molar-refractivity contribution is 0.0695. The molecule has 1 unspecified atom stereocenters. The van der Waals surface area contributed by atoms with Gasteiger partial charge in [0.15, 0.2) is 5.76 Å². The molecule has 0 bridgehead atoms. The van der Waals surface area contributed by atoms with Gasteiger partial charge in [0.05, 0.1) is 11.9 Å². The molecule has 100 valence electrons. The number of benzene rings is 1. The van der Waals surface area contributed by atoms with Crippen molar-refractivity contribution >= 4 is 16.8 Å². The van der Waals surface area contributed by atoms with Gasteiger partial charge in [0.25, 0.3) is 0 Å². The zero-order valence-electron chi connectivity index (χ0n) is 10.3. The molecule has 6 heteroatoms. The molecule has 19 heavy (non-hydrogen) atoms. The maximum Gasteiger partial charge on any atom is 0.341 e. The Bertz CT molecular complexity index is 621. The van der Waals surface area contributed by atoms with E-state index in [1.807, 2.05) is 31.2 Å². The first kappa shape index (κ1) is 13.5. The summed E-state index contributed by atoms with van der Waals surface area (Å²) < 4.78 is 16.8. The van der Waals surface area contributed by atoms with Crippen molar-refractivity contribution in [3.63, 3.8) is 0 Å². The zero-order chi connectivity index (χ0) is 13.8. The summed E-state index contributed by atoms with van der Waals surface area (Å²) in [6, 6.07) is 7.71. The molecule has 0 radical (unpaired) electrons. The minimum absolute atomic E-state index is 0.0300. The lowest BCUT2D eigenvalue weighted by Gasteiger charge is -2.02. The summed E-state index contributed by atoms with van der Waals surface area (Å²) in [5.41, 5.74) is 2.02. The maximum atomic E-state index is 12.0. The number of aromatic nitrogens is 1. The number of nitrogens with zero attached hydrogens (tertiary/aromatic N) is 1. The number of carbonyl (C=O) groups is 1. The van der Waals surface area contributed by atoms with Crippen molar-refractivity contribution in [3.8, 4) is 0 Å². The van der Waals surface area contributed by atoms with E-state index in [0.717, 1.165) is 17.3 Å². The lowest BCUT2D eigenvalue weighted by atomic mass is 10.2. The Morgan fingerprint density at radius 2 is 2.21 bits per heavy atom. The SMILES string of the molecule is Cc1cccc(CS(=O)Cc2oncc2C(=O)O)c1. The lowest BCUT2D eigenvalue weighted by Crippen LogP contribution is -2.04. The van der Waals surface area contributed by atoms with Gasteiger partial charge in [-0.25, -0.2) is 4.79 Å². The normalized spacial score (nSPS) is 12.3. The first-order chi connectivity index (χ1) is 9.06. The number of rotatable bonds is 5. The summed E-state index contributed by atoms with van der Waals surface area (Å²) in [5, 5.41) is 12.3. The fraction of sp³-hybridized carbons (Fsp3) is 0.231. The average Bonchev–Trinajstić information content (AvgIpc) is 2.76. The molecule has 0 aliphatic rings. The molecule has 0 fully saturated rings. The van der Waals surface area contributed by atoms with E-state index < -0.39 is 16.8 Å². The average molecular weight is 279 g/mol. The van der Waals surface area contributed by atoms with E-state index in [2.05, 4.69) is 5.16 Å². The quantitative estimate of drug-likeness (QED) is 0.906. The van der Waals surface area contributed by atoms with Crippen LogP contribution >= 0.6 is 0 Å². The Morgan fingerprint density at radius 3 is 2.89 bits per heavy atom. The first-order valence-corrected chi connectivity index (χ1v) is 7.12. The molecule has 0 spiro atoms. The molecule has 5 nitrogen and oxygen atoms in total. The van der Waals surface area contributed by atoms with E-state index in [4.69, 9.17) is 9.63 Å². The van der Waals surface area contributed by atoms with Crippen molar-refractivity contribution in [3.05, 3.63) is 52.9 Å². The Hall–Kier alpha value is -1.95. The Balaban J connectivity index is 2.05. The van der Waals surface area contributed by atoms with Crippen LogP contribution in [0.2, 0.25) is 0 Å². The molecule has 0 saturated heterocycles. The molecule has 1 N–H and O–H groups in total. The third-order valence-corrected chi connectivity index (χ3v) is 3.82. The van der Waals surface area contributed by atoms with Crippen LogP contribution in [-0.2, 0) is 22.3 Å². The van der Waals surface area contributed by atoms with Gasteiger partial charge in [0, 0.05) is 16.6 Å². The third-order valence-electron chi connectivity index (χ3n) is 2.58. The maximum absolute atomic E-state index is 12.0. The first-order valence-electron chi connectivity index (χ1n) is 5.63. The topological polar surface area (TPSA) is 80.4 Å². The van der Waals surface area contributed by atoms with Crippen LogP contribution in [0.15, 0.2) is 35.0 Å². The van der Waals surface area contributed by atoms with Crippen LogP contribution in [-0.4, -0.2) is 20.4 Å². The van der Waals surface area contributed by atoms with E-state index in [0.29, 0.717) is 5.75 Å². The zero-order valence-corrected chi connectivity index (χ0v) is 11.1. The van der Waals surface area contributed by atoms with Gasteiger partial charge in [-0.2, -0.15) is 0 Å². The van der Waals surface area contributed by atoms with Gasteiger partial charge in [-0.15, -0.1) is 0 Å². The molecule has 0 amide bonds. The molecule has 0 aliphatic carbocycles. The standard InChI is InChI=1S/C13H13NO4S/c1-9-3-2-4-10(5-9)7-19(17)8-12-11(13(15)16)6-14-18-12/h2-6H,7-8H2,1H3,(H,15,16). The predicted octanol–water partition coefficient (Wildman–Crippen LogP) is 2.13. The molecule has 1 heterocycles. The third kappa shape index (κ3) is 3.51. The van der Waals surface area contributed by atoms with Crippen LogP contribution in [0, 0.1) is 6.92 Å². The molecule has 1 atom stereocenters. The van der Waals surface area contributed by atoms with Crippen molar-refractivity contribution in [2.45, 2.75) is 18.4 Å². The van der Waals surface area contributed by atoms with Crippen LogP contribution in [0.3, 0.4) is 0 Å². The van der Waals surface area contributed by atoms with Gasteiger partial charge in [-0.3, -0.25) is 4.21 Å². The van der Waals surface area contributed by atoms with Crippen molar-refractivity contribution in [2.75, 3.05) is 0 Å². The highest BCUT2D eigenvalue weighted by molar-refractivity contribution is 7.83. The summed E-state index contributed by atoms with van der Waals surface area (Å²) in [4.78, 5) is 10.9. The highest BCUT2D eigenvalue weighted by Crippen LogP contribution is 2.14. The number of carboxylic acid groups (broad SMARTS) is 1. The van der Waals surface area contributed by atoms with Crippen LogP contribution in [0.4, 0.5) is 0 Å². The summed E-state index contributed by atoms with van der Waals surface area (Å²) in [7, 11) is -1.23. The Morgan fingerprint density at radius 1 is 1.42 bits per heavy atom. The largest absolute Gasteiger partial charge is 0.478 e. The number of hydrogen-bond acceptors (Lipinski definition) is 4.